The van der Waals surface area contributed by atoms with Crippen LogP contribution >= 0.6 is 23.2 Å². The Morgan fingerprint density at radius 3 is 2.36 bits per heavy atom. The lowest BCUT2D eigenvalue weighted by atomic mass is 10.2. The third-order valence-electron chi connectivity index (χ3n) is 1.82. The predicted octanol–water partition coefficient (Wildman–Crippen LogP) is 2.80. The van der Waals surface area contributed by atoms with Crippen LogP contribution in [0.5, 0.6) is 0 Å². The van der Waals surface area contributed by atoms with Gasteiger partial charge in [-0.2, -0.15) is 0 Å². The standard InChI is InChI=1S/C9H15Cl2NO2/c1-8(2,3)14-7(13)12-5-4-9(10,11)6-12/h4-6H2,1-3H3. The van der Waals surface area contributed by atoms with Gasteiger partial charge in [0.25, 0.3) is 0 Å². The van der Waals surface area contributed by atoms with Gasteiger partial charge in [-0.3, -0.25) is 0 Å². The Kier molecular flexibility index (Phi) is 3.22. The van der Waals surface area contributed by atoms with E-state index in [0.29, 0.717) is 19.5 Å². The second kappa shape index (κ2) is 3.78. The van der Waals surface area contributed by atoms with Crippen molar-refractivity contribution in [1.82, 2.24) is 4.90 Å². The minimum atomic E-state index is -0.809. The summed E-state index contributed by atoms with van der Waals surface area (Å²) in [5.74, 6) is 0. The first-order valence-corrected chi connectivity index (χ1v) is 5.31. The van der Waals surface area contributed by atoms with E-state index in [9.17, 15) is 4.79 Å². The summed E-state index contributed by atoms with van der Waals surface area (Å²) >= 11 is 11.8. The summed E-state index contributed by atoms with van der Waals surface area (Å²) in [5.41, 5.74) is -0.471. The number of amides is 1. The monoisotopic (exact) mass is 239 g/mol. The summed E-state index contributed by atoms with van der Waals surface area (Å²) in [4.78, 5) is 13.1. The number of likely N-dealkylation sites (tertiary alicyclic amines) is 1. The summed E-state index contributed by atoms with van der Waals surface area (Å²) in [5, 5.41) is 0. The van der Waals surface area contributed by atoms with E-state index in [1.54, 1.807) is 0 Å². The number of ether oxygens (including phenoxy) is 1. The van der Waals surface area contributed by atoms with Crippen molar-refractivity contribution in [3.05, 3.63) is 0 Å². The molecule has 0 spiro atoms. The third kappa shape index (κ3) is 3.54. The normalized spacial score (nSPS) is 21.1. The number of alkyl halides is 2. The van der Waals surface area contributed by atoms with Crippen LogP contribution in [0, 0.1) is 0 Å². The van der Waals surface area contributed by atoms with Crippen LogP contribution in [0.3, 0.4) is 0 Å². The quantitative estimate of drug-likeness (QED) is 0.609. The van der Waals surface area contributed by atoms with Crippen LogP contribution in [-0.4, -0.2) is 34.0 Å². The van der Waals surface area contributed by atoms with E-state index < -0.39 is 9.93 Å². The molecule has 0 atom stereocenters. The van der Waals surface area contributed by atoms with Gasteiger partial charge in [-0.05, 0) is 27.2 Å². The van der Waals surface area contributed by atoms with Crippen molar-refractivity contribution < 1.29 is 9.53 Å². The fourth-order valence-corrected chi connectivity index (χ4v) is 1.68. The van der Waals surface area contributed by atoms with Gasteiger partial charge in [-0.15, -0.1) is 0 Å². The molecular weight excluding hydrogens is 225 g/mol. The molecule has 14 heavy (non-hydrogen) atoms. The Morgan fingerprint density at radius 2 is 2.00 bits per heavy atom. The van der Waals surface area contributed by atoms with Gasteiger partial charge < -0.3 is 9.64 Å². The highest BCUT2D eigenvalue weighted by Crippen LogP contribution is 2.32. The highest BCUT2D eigenvalue weighted by molar-refractivity contribution is 6.48. The molecule has 0 saturated carbocycles. The van der Waals surface area contributed by atoms with Gasteiger partial charge >= 0.3 is 6.09 Å². The van der Waals surface area contributed by atoms with Gasteiger partial charge in [-0.1, -0.05) is 23.2 Å². The number of carbonyl (C=O) groups is 1. The molecule has 82 valence electrons. The van der Waals surface area contributed by atoms with Crippen LogP contribution in [0.2, 0.25) is 0 Å². The van der Waals surface area contributed by atoms with Crippen molar-refractivity contribution in [2.45, 2.75) is 37.1 Å². The van der Waals surface area contributed by atoms with Crippen molar-refractivity contribution in [2.24, 2.45) is 0 Å². The topological polar surface area (TPSA) is 29.5 Å². The predicted molar refractivity (Wildman–Crippen MR) is 56.9 cm³/mol. The molecule has 1 amide bonds. The number of rotatable bonds is 0. The third-order valence-corrected chi connectivity index (χ3v) is 2.44. The van der Waals surface area contributed by atoms with Crippen LogP contribution in [0.1, 0.15) is 27.2 Å². The zero-order valence-electron chi connectivity index (χ0n) is 8.64. The molecule has 1 aliphatic rings. The van der Waals surface area contributed by atoms with Crippen molar-refractivity contribution in [3.63, 3.8) is 0 Å². The largest absolute Gasteiger partial charge is 0.444 e. The van der Waals surface area contributed by atoms with E-state index in [1.807, 2.05) is 20.8 Å². The molecule has 1 fully saturated rings. The molecule has 0 unspecified atom stereocenters. The molecular formula is C9H15Cl2NO2. The SMILES string of the molecule is CC(C)(C)OC(=O)N1CCC(Cl)(Cl)C1. The second-order valence-electron chi connectivity index (χ2n) is 4.51. The zero-order valence-corrected chi connectivity index (χ0v) is 10.2. The lowest BCUT2D eigenvalue weighted by Gasteiger charge is -2.24. The molecule has 3 nitrogen and oxygen atoms in total. The molecule has 0 bridgehead atoms. The second-order valence-corrected chi connectivity index (χ2v) is 6.15. The minimum absolute atomic E-state index is 0.338. The number of halogens is 2. The number of hydrogen-bond donors (Lipinski definition) is 0. The van der Waals surface area contributed by atoms with Gasteiger partial charge in [0.05, 0.1) is 6.54 Å². The van der Waals surface area contributed by atoms with E-state index in [-0.39, 0.29) is 6.09 Å². The van der Waals surface area contributed by atoms with E-state index in [0.717, 1.165) is 0 Å². The van der Waals surface area contributed by atoms with Crippen molar-refractivity contribution in [1.29, 1.82) is 0 Å². The fourth-order valence-electron chi connectivity index (χ4n) is 1.22. The average molecular weight is 240 g/mol. The fraction of sp³-hybridized carbons (Fsp3) is 0.889. The van der Waals surface area contributed by atoms with Gasteiger partial charge in [0, 0.05) is 6.54 Å². The van der Waals surface area contributed by atoms with E-state index in [1.165, 1.54) is 4.90 Å². The van der Waals surface area contributed by atoms with Crippen molar-refractivity contribution in [3.8, 4) is 0 Å². The summed E-state index contributed by atoms with van der Waals surface area (Å²) < 4.78 is 4.38. The van der Waals surface area contributed by atoms with Crippen LogP contribution in [0.25, 0.3) is 0 Å². The Morgan fingerprint density at radius 1 is 1.43 bits per heavy atom. The van der Waals surface area contributed by atoms with Gasteiger partial charge in [0.2, 0.25) is 0 Å². The number of nitrogens with zero attached hydrogens (tertiary/aromatic N) is 1. The number of carbonyl (C=O) groups excluding carboxylic acids is 1. The van der Waals surface area contributed by atoms with Gasteiger partial charge in [0.1, 0.15) is 9.93 Å². The summed E-state index contributed by atoms with van der Waals surface area (Å²) in [7, 11) is 0. The smallest absolute Gasteiger partial charge is 0.410 e. The molecule has 0 aromatic carbocycles. The molecule has 0 aromatic rings. The summed E-state index contributed by atoms with van der Waals surface area (Å²) in [6.45, 7) is 6.38. The molecule has 5 heteroatoms. The molecule has 0 radical (unpaired) electrons. The van der Waals surface area contributed by atoms with Gasteiger partial charge in [-0.25, -0.2) is 4.79 Å². The highest BCUT2D eigenvalue weighted by atomic mass is 35.5. The van der Waals surface area contributed by atoms with E-state index >= 15 is 0 Å². The van der Waals surface area contributed by atoms with Crippen molar-refractivity contribution in [2.75, 3.05) is 13.1 Å². The first kappa shape index (κ1) is 11.9. The molecule has 0 aromatic heterocycles. The minimum Gasteiger partial charge on any atom is -0.444 e. The first-order valence-electron chi connectivity index (χ1n) is 4.55. The summed E-state index contributed by atoms with van der Waals surface area (Å²) in [6.07, 6.45) is 0.246. The Bertz CT molecular complexity index is 235. The zero-order chi connectivity index (χ0) is 11.0. The first-order chi connectivity index (χ1) is 6.20. The van der Waals surface area contributed by atoms with Crippen LogP contribution < -0.4 is 0 Å². The molecule has 1 heterocycles. The summed E-state index contributed by atoms with van der Waals surface area (Å²) in [6, 6.07) is 0. The average Bonchev–Trinajstić information content (AvgIpc) is 2.26. The van der Waals surface area contributed by atoms with Crippen LogP contribution in [0.15, 0.2) is 0 Å². The number of hydrogen-bond acceptors (Lipinski definition) is 2. The lowest BCUT2D eigenvalue weighted by Crippen LogP contribution is -2.36. The van der Waals surface area contributed by atoms with E-state index in [2.05, 4.69) is 0 Å². The Labute approximate surface area is 94.3 Å². The maximum Gasteiger partial charge on any atom is 0.410 e. The highest BCUT2D eigenvalue weighted by Gasteiger charge is 2.38. The maximum atomic E-state index is 11.5. The molecule has 0 aliphatic carbocycles. The van der Waals surface area contributed by atoms with Crippen LogP contribution in [-0.2, 0) is 4.74 Å². The van der Waals surface area contributed by atoms with E-state index in [4.69, 9.17) is 27.9 Å². The Hall–Kier alpha value is -0.150. The molecule has 1 rings (SSSR count). The van der Waals surface area contributed by atoms with Crippen molar-refractivity contribution >= 4 is 29.3 Å². The lowest BCUT2D eigenvalue weighted by molar-refractivity contribution is 0.0294. The van der Waals surface area contributed by atoms with Gasteiger partial charge in [0.15, 0.2) is 0 Å². The molecule has 1 aliphatic heterocycles. The molecule has 0 N–H and O–H groups in total. The maximum absolute atomic E-state index is 11.5. The Balaban J connectivity index is 2.48. The van der Waals surface area contributed by atoms with Crippen LogP contribution in [0.4, 0.5) is 4.79 Å². The molecule has 1 saturated heterocycles.